The summed E-state index contributed by atoms with van der Waals surface area (Å²) < 4.78 is 5.44. The van der Waals surface area contributed by atoms with Crippen molar-refractivity contribution in [1.29, 1.82) is 0 Å². The van der Waals surface area contributed by atoms with Crippen LogP contribution in [-0.2, 0) is 19.3 Å². The lowest BCUT2D eigenvalue weighted by Gasteiger charge is -2.15. The SMILES string of the molecule is COc1cc2c(cc1CC(C)O)CCCCC2. The Kier molecular flexibility index (Phi) is 4.06. The molecule has 1 aliphatic rings. The fourth-order valence-electron chi connectivity index (χ4n) is 2.66. The molecule has 0 saturated heterocycles. The first-order chi connectivity index (χ1) is 8.20. The summed E-state index contributed by atoms with van der Waals surface area (Å²) >= 11 is 0. The molecule has 1 aliphatic carbocycles. The fourth-order valence-corrected chi connectivity index (χ4v) is 2.66. The van der Waals surface area contributed by atoms with Crippen LogP contribution in [0.2, 0.25) is 0 Å². The second-order valence-electron chi connectivity index (χ2n) is 5.05. The molecule has 0 saturated carbocycles. The van der Waals surface area contributed by atoms with Crippen molar-refractivity contribution in [3.8, 4) is 5.75 Å². The largest absolute Gasteiger partial charge is 0.496 e. The van der Waals surface area contributed by atoms with Crippen LogP contribution >= 0.6 is 0 Å². The van der Waals surface area contributed by atoms with Crippen LogP contribution in [-0.4, -0.2) is 18.3 Å². The van der Waals surface area contributed by atoms with Gasteiger partial charge in [0.05, 0.1) is 13.2 Å². The molecule has 0 fully saturated rings. The highest BCUT2D eigenvalue weighted by molar-refractivity contribution is 5.43. The predicted octanol–water partition coefficient (Wildman–Crippen LogP) is 2.89. The van der Waals surface area contributed by atoms with Gasteiger partial charge < -0.3 is 9.84 Å². The lowest BCUT2D eigenvalue weighted by atomic mass is 9.96. The number of aryl methyl sites for hydroxylation is 2. The smallest absolute Gasteiger partial charge is 0.122 e. The number of fused-ring (bicyclic) bond motifs is 1. The average Bonchev–Trinajstić information content (AvgIpc) is 2.51. The lowest BCUT2D eigenvalue weighted by molar-refractivity contribution is 0.194. The molecule has 0 bridgehead atoms. The highest BCUT2D eigenvalue weighted by Gasteiger charge is 2.14. The number of benzene rings is 1. The maximum Gasteiger partial charge on any atom is 0.122 e. The number of aliphatic hydroxyl groups is 1. The van der Waals surface area contributed by atoms with E-state index in [0.29, 0.717) is 6.42 Å². The van der Waals surface area contributed by atoms with Gasteiger partial charge in [-0.15, -0.1) is 0 Å². The Balaban J connectivity index is 2.35. The van der Waals surface area contributed by atoms with Gasteiger partial charge in [-0.1, -0.05) is 12.5 Å². The molecule has 1 unspecified atom stereocenters. The molecule has 2 nitrogen and oxygen atoms in total. The molecule has 94 valence electrons. The van der Waals surface area contributed by atoms with Gasteiger partial charge >= 0.3 is 0 Å². The molecule has 2 heteroatoms. The Bertz CT molecular complexity index is 383. The van der Waals surface area contributed by atoms with Crippen LogP contribution in [0.25, 0.3) is 0 Å². The summed E-state index contributed by atoms with van der Waals surface area (Å²) in [6, 6.07) is 4.42. The lowest BCUT2D eigenvalue weighted by Crippen LogP contribution is -2.07. The summed E-state index contributed by atoms with van der Waals surface area (Å²) in [6.45, 7) is 1.82. The topological polar surface area (TPSA) is 29.5 Å². The number of ether oxygens (including phenoxy) is 1. The van der Waals surface area contributed by atoms with Gasteiger partial charge in [-0.05, 0) is 55.4 Å². The van der Waals surface area contributed by atoms with Gasteiger partial charge in [-0.25, -0.2) is 0 Å². The predicted molar refractivity (Wildman–Crippen MR) is 69.6 cm³/mol. The van der Waals surface area contributed by atoms with E-state index in [4.69, 9.17) is 4.74 Å². The zero-order chi connectivity index (χ0) is 12.3. The van der Waals surface area contributed by atoms with Gasteiger partial charge in [-0.2, -0.15) is 0 Å². The molecule has 1 N–H and O–H groups in total. The summed E-state index contributed by atoms with van der Waals surface area (Å²) in [4.78, 5) is 0. The minimum atomic E-state index is -0.312. The summed E-state index contributed by atoms with van der Waals surface area (Å²) in [6.07, 6.45) is 6.60. The van der Waals surface area contributed by atoms with E-state index in [9.17, 15) is 5.11 Å². The molecular formula is C15H22O2. The normalized spacial score (nSPS) is 17.1. The molecule has 0 radical (unpaired) electrons. The third kappa shape index (κ3) is 3.01. The van der Waals surface area contributed by atoms with Gasteiger partial charge in [0.1, 0.15) is 5.75 Å². The molecule has 0 amide bonds. The Morgan fingerprint density at radius 3 is 2.41 bits per heavy atom. The fraction of sp³-hybridized carbons (Fsp3) is 0.600. The highest BCUT2D eigenvalue weighted by atomic mass is 16.5. The van der Waals surface area contributed by atoms with Gasteiger partial charge in [0.25, 0.3) is 0 Å². The van der Waals surface area contributed by atoms with E-state index in [1.54, 1.807) is 7.11 Å². The van der Waals surface area contributed by atoms with Gasteiger partial charge in [0.15, 0.2) is 0 Å². The molecule has 1 aromatic rings. The van der Waals surface area contributed by atoms with Crippen LogP contribution in [0, 0.1) is 0 Å². The standard InChI is InChI=1S/C15H22O2/c1-11(16)8-14-9-12-6-4-3-5-7-13(12)10-15(14)17-2/h9-11,16H,3-8H2,1-2H3. The van der Waals surface area contributed by atoms with Crippen LogP contribution in [0.3, 0.4) is 0 Å². The Morgan fingerprint density at radius 2 is 1.82 bits per heavy atom. The van der Waals surface area contributed by atoms with E-state index < -0.39 is 0 Å². The van der Waals surface area contributed by atoms with Gasteiger partial charge in [0, 0.05) is 6.42 Å². The second-order valence-corrected chi connectivity index (χ2v) is 5.05. The Labute approximate surface area is 104 Å². The van der Waals surface area contributed by atoms with Crippen molar-refractivity contribution in [2.45, 2.75) is 51.6 Å². The Hall–Kier alpha value is -1.02. The van der Waals surface area contributed by atoms with E-state index in [-0.39, 0.29) is 6.10 Å². The van der Waals surface area contributed by atoms with E-state index in [2.05, 4.69) is 12.1 Å². The minimum absolute atomic E-state index is 0.312. The van der Waals surface area contributed by atoms with E-state index >= 15 is 0 Å². The van der Waals surface area contributed by atoms with E-state index in [1.165, 1.54) is 43.2 Å². The number of rotatable bonds is 3. The monoisotopic (exact) mass is 234 g/mol. The quantitative estimate of drug-likeness (QED) is 0.815. The van der Waals surface area contributed by atoms with Crippen molar-refractivity contribution in [3.05, 3.63) is 28.8 Å². The molecular weight excluding hydrogens is 212 g/mol. The molecule has 17 heavy (non-hydrogen) atoms. The first-order valence-electron chi connectivity index (χ1n) is 6.57. The minimum Gasteiger partial charge on any atom is -0.496 e. The van der Waals surface area contributed by atoms with Gasteiger partial charge in [0.2, 0.25) is 0 Å². The molecule has 0 aliphatic heterocycles. The second kappa shape index (κ2) is 5.54. The van der Waals surface area contributed by atoms with Crippen LogP contribution in [0.5, 0.6) is 5.75 Å². The molecule has 1 aromatic carbocycles. The molecule has 2 rings (SSSR count). The van der Waals surface area contributed by atoms with Crippen molar-refractivity contribution >= 4 is 0 Å². The maximum absolute atomic E-state index is 9.53. The average molecular weight is 234 g/mol. The first kappa shape index (κ1) is 12.4. The van der Waals surface area contributed by atoms with E-state index in [0.717, 1.165) is 11.3 Å². The van der Waals surface area contributed by atoms with Crippen molar-refractivity contribution in [2.24, 2.45) is 0 Å². The first-order valence-corrected chi connectivity index (χ1v) is 6.57. The number of hydrogen-bond acceptors (Lipinski definition) is 2. The van der Waals surface area contributed by atoms with Gasteiger partial charge in [-0.3, -0.25) is 0 Å². The zero-order valence-electron chi connectivity index (χ0n) is 10.8. The van der Waals surface area contributed by atoms with Crippen LogP contribution in [0.4, 0.5) is 0 Å². The zero-order valence-corrected chi connectivity index (χ0v) is 10.8. The van der Waals surface area contributed by atoms with Crippen molar-refractivity contribution in [3.63, 3.8) is 0 Å². The third-order valence-electron chi connectivity index (χ3n) is 3.51. The van der Waals surface area contributed by atoms with Crippen molar-refractivity contribution in [1.82, 2.24) is 0 Å². The summed E-state index contributed by atoms with van der Waals surface area (Å²) in [5.41, 5.74) is 4.04. The van der Waals surface area contributed by atoms with Crippen LogP contribution < -0.4 is 4.74 Å². The molecule has 0 aromatic heterocycles. The molecule has 0 spiro atoms. The Morgan fingerprint density at radius 1 is 1.18 bits per heavy atom. The molecule has 1 atom stereocenters. The number of aliphatic hydroxyl groups excluding tert-OH is 1. The van der Waals surface area contributed by atoms with Crippen LogP contribution in [0.1, 0.15) is 42.9 Å². The van der Waals surface area contributed by atoms with E-state index in [1.807, 2.05) is 6.92 Å². The van der Waals surface area contributed by atoms with Crippen molar-refractivity contribution in [2.75, 3.05) is 7.11 Å². The summed E-state index contributed by atoms with van der Waals surface area (Å²) in [7, 11) is 1.71. The maximum atomic E-state index is 9.53. The third-order valence-corrected chi connectivity index (χ3v) is 3.51. The van der Waals surface area contributed by atoms with Crippen LogP contribution in [0.15, 0.2) is 12.1 Å². The number of methoxy groups -OCH3 is 1. The van der Waals surface area contributed by atoms with Crippen molar-refractivity contribution < 1.29 is 9.84 Å². The summed E-state index contributed by atoms with van der Waals surface area (Å²) in [5, 5.41) is 9.53. The highest BCUT2D eigenvalue weighted by Crippen LogP contribution is 2.29. The number of hydrogen-bond donors (Lipinski definition) is 1. The molecule has 0 heterocycles. The summed E-state index contributed by atoms with van der Waals surface area (Å²) in [5.74, 6) is 0.937.